The molecule has 0 aliphatic heterocycles. The van der Waals surface area contributed by atoms with Crippen LogP contribution < -0.4 is 0 Å². The van der Waals surface area contributed by atoms with Gasteiger partial charge < -0.3 is 9.90 Å². The standard InChI is InChI=1S/C9H9I2NO2/c10-12(11)8(6-13)5-7-1-3-9(14)4-2-7/h1-4,6,8,14H,5H2/t8-/m0/s1. The summed E-state index contributed by atoms with van der Waals surface area (Å²) in [6.45, 7) is 0. The van der Waals surface area contributed by atoms with Gasteiger partial charge in [0.15, 0.2) is 0 Å². The molecule has 0 fully saturated rings. The van der Waals surface area contributed by atoms with Crippen molar-refractivity contribution in [1.29, 1.82) is 0 Å². The summed E-state index contributed by atoms with van der Waals surface area (Å²) in [6, 6.07) is 6.77. The van der Waals surface area contributed by atoms with E-state index in [0.29, 0.717) is 6.42 Å². The SMILES string of the molecule is O=C[C@H](Cc1ccc(O)cc1)N(I)I. The van der Waals surface area contributed by atoms with Gasteiger partial charge in [-0.05, 0) is 24.1 Å². The number of carbonyl (C=O) groups is 1. The minimum Gasteiger partial charge on any atom is -0.508 e. The highest BCUT2D eigenvalue weighted by Crippen LogP contribution is 2.17. The van der Waals surface area contributed by atoms with E-state index in [2.05, 4.69) is 45.7 Å². The molecule has 1 aromatic carbocycles. The molecule has 0 spiro atoms. The topological polar surface area (TPSA) is 40.5 Å². The van der Waals surface area contributed by atoms with Crippen LogP contribution in [0.25, 0.3) is 0 Å². The number of aldehydes is 1. The molecule has 1 aromatic rings. The number of aromatic hydroxyl groups is 1. The first-order valence-corrected chi connectivity index (χ1v) is 5.90. The van der Waals surface area contributed by atoms with Gasteiger partial charge in [-0.1, -0.05) is 12.1 Å². The van der Waals surface area contributed by atoms with Crippen molar-refractivity contribution in [3.05, 3.63) is 29.8 Å². The Balaban J connectivity index is 2.67. The maximum atomic E-state index is 10.7. The number of hydrogen-bond acceptors (Lipinski definition) is 3. The Morgan fingerprint density at radius 1 is 1.36 bits per heavy atom. The number of halogens is 2. The zero-order valence-electron chi connectivity index (χ0n) is 7.23. The van der Waals surface area contributed by atoms with Crippen LogP contribution in [-0.4, -0.2) is 18.8 Å². The Kier molecular flexibility index (Phi) is 5.10. The van der Waals surface area contributed by atoms with Gasteiger partial charge in [-0.2, -0.15) is 1.33 Å². The van der Waals surface area contributed by atoms with Crippen LogP contribution in [0.5, 0.6) is 5.75 Å². The second kappa shape index (κ2) is 5.86. The highest BCUT2D eigenvalue weighted by Gasteiger charge is 2.13. The van der Waals surface area contributed by atoms with Crippen LogP contribution in [-0.2, 0) is 11.2 Å². The molecule has 0 saturated carbocycles. The molecule has 0 radical (unpaired) electrons. The molecule has 0 heterocycles. The van der Waals surface area contributed by atoms with Crippen molar-refractivity contribution in [1.82, 2.24) is 1.33 Å². The predicted octanol–water partition coefficient (Wildman–Crippen LogP) is 2.50. The second-order valence-corrected chi connectivity index (χ2v) is 6.76. The molecule has 14 heavy (non-hydrogen) atoms. The molecule has 0 saturated heterocycles. The molecule has 0 aliphatic carbocycles. The Morgan fingerprint density at radius 3 is 2.36 bits per heavy atom. The molecule has 0 aromatic heterocycles. The number of phenolic OH excluding ortho intramolecular Hbond substituents is 1. The number of phenols is 1. The molecule has 0 aliphatic rings. The summed E-state index contributed by atoms with van der Waals surface area (Å²) in [6.07, 6.45) is 1.58. The molecule has 0 amide bonds. The molecule has 1 atom stereocenters. The number of benzene rings is 1. The van der Waals surface area contributed by atoms with E-state index >= 15 is 0 Å². The highest BCUT2D eigenvalue weighted by atomic mass is 127. The van der Waals surface area contributed by atoms with Crippen molar-refractivity contribution in [2.24, 2.45) is 0 Å². The minimum atomic E-state index is -0.124. The number of nitrogens with zero attached hydrogens (tertiary/aromatic N) is 1. The monoisotopic (exact) mass is 417 g/mol. The molecular formula is C9H9I2NO2. The van der Waals surface area contributed by atoms with E-state index in [-0.39, 0.29) is 11.8 Å². The van der Waals surface area contributed by atoms with Gasteiger partial charge in [0.05, 0.1) is 6.04 Å². The predicted molar refractivity (Wildman–Crippen MR) is 71.5 cm³/mol. The normalized spacial score (nSPS) is 12.8. The largest absolute Gasteiger partial charge is 0.508 e. The summed E-state index contributed by atoms with van der Waals surface area (Å²) in [5, 5.41) is 9.07. The lowest BCUT2D eigenvalue weighted by atomic mass is 10.1. The Bertz CT molecular complexity index is 300. The lowest BCUT2D eigenvalue weighted by Gasteiger charge is -2.13. The van der Waals surface area contributed by atoms with Crippen molar-refractivity contribution >= 4 is 52.0 Å². The third-order valence-electron chi connectivity index (χ3n) is 1.79. The summed E-state index contributed by atoms with van der Waals surface area (Å²) in [5.41, 5.74) is 1.04. The van der Waals surface area contributed by atoms with Crippen LogP contribution in [0.3, 0.4) is 0 Å². The van der Waals surface area contributed by atoms with Crippen LogP contribution in [0.15, 0.2) is 24.3 Å². The molecule has 5 heteroatoms. The molecule has 76 valence electrons. The van der Waals surface area contributed by atoms with Crippen LogP contribution in [0, 0.1) is 0 Å². The number of rotatable bonds is 4. The molecule has 1 N–H and O–H groups in total. The lowest BCUT2D eigenvalue weighted by molar-refractivity contribution is -0.109. The highest BCUT2D eigenvalue weighted by molar-refractivity contribution is 14.2. The van der Waals surface area contributed by atoms with Crippen LogP contribution in [0.4, 0.5) is 0 Å². The maximum Gasteiger partial charge on any atom is 0.139 e. The van der Waals surface area contributed by atoms with Gasteiger partial charge >= 0.3 is 0 Å². The third kappa shape index (κ3) is 3.70. The Labute approximate surface area is 110 Å². The van der Waals surface area contributed by atoms with Gasteiger partial charge in [0.1, 0.15) is 12.0 Å². The van der Waals surface area contributed by atoms with E-state index in [1.807, 2.05) is 13.5 Å². The van der Waals surface area contributed by atoms with Gasteiger partial charge in [0.25, 0.3) is 0 Å². The van der Waals surface area contributed by atoms with Crippen LogP contribution >= 0.6 is 45.7 Å². The van der Waals surface area contributed by atoms with E-state index in [4.69, 9.17) is 5.11 Å². The Hall–Kier alpha value is 0.110. The average molecular weight is 417 g/mol. The maximum absolute atomic E-state index is 10.7. The zero-order chi connectivity index (χ0) is 10.6. The quantitative estimate of drug-likeness (QED) is 0.465. The number of carbonyl (C=O) groups excluding carboxylic acids is 1. The molecule has 3 nitrogen and oxygen atoms in total. The van der Waals surface area contributed by atoms with Crippen LogP contribution in [0.1, 0.15) is 5.56 Å². The molecular weight excluding hydrogens is 408 g/mol. The molecule has 1 rings (SSSR count). The van der Waals surface area contributed by atoms with E-state index < -0.39 is 0 Å². The van der Waals surface area contributed by atoms with Gasteiger partial charge in [0, 0.05) is 45.7 Å². The fraction of sp³-hybridized carbons (Fsp3) is 0.222. The van der Waals surface area contributed by atoms with Crippen molar-refractivity contribution in [2.45, 2.75) is 12.5 Å². The van der Waals surface area contributed by atoms with Gasteiger partial charge in [-0.3, -0.25) is 0 Å². The van der Waals surface area contributed by atoms with E-state index in [9.17, 15) is 4.79 Å². The summed E-state index contributed by atoms with van der Waals surface area (Å²) in [5.74, 6) is 0.247. The van der Waals surface area contributed by atoms with Crippen molar-refractivity contribution in [3.63, 3.8) is 0 Å². The van der Waals surface area contributed by atoms with Crippen molar-refractivity contribution in [3.8, 4) is 5.75 Å². The van der Waals surface area contributed by atoms with E-state index in [0.717, 1.165) is 11.8 Å². The van der Waals surface area contributed by atoms with Gasteiger partial charge in [-0.25, -0.2) is 0 Å². The third-order valence-corrected chi connectivity index (χ3v) is 3.22. The van der Waals surface area contributed by atoms with E-state index in [1.165, 1.54) is 0 Å². The fourth-order valence-corrected chi connectivity index (χ4v) is 1.69. The second-order valence-electron chi connectivity index (χ2n) is 2.83. The van der Waals surface area contributed by atoms with Gasteiger partial charge in [-0.15, -0.1) is 0 Å². The molecule has 0 unspecified atom stereocenters. The Morgan fingerprint density at radius 2 is 1.93 bits per heavy atom. The van der Waals surface area contributed by atoms with Gasteiger partial charge in [0.2, 0.25) is 0 Å². The number of hydrogen-bond donors (Lipinski definition) is 1. The van der Waals surface area contributed by atoms with Crippen LogP contribution in [0.2, 0.25) is 0 Å². The summed E-state index contributed by atoms with van der Waals surface area (Å²) < 4.78 is 1.81. The first-order valence-electron chi connectivity index (χ1n) is 3.97. The smallest absolute Gasteiger partial charge is 0.139 e. The van der Waals surface area contributed by atoms with E-state index in [1.54, 1.807) is 12.1 Å². The van der Waals surface area contributed by atoms with Crippen molar-refractivity contribution in [2.75, 3.05) is 0 Å². The summed E-state index contributed by atoms with van der Waals surface area (Å²) in [7, 11) is 0. The summed E-state index contributed by atoms with van der Waals surface area (Å²) >= 11 is 4.15. The average Bonchev–Trinajstić information content (AvgIpc) is 2.16. The minimum absolute atomic E-state index is 0.124. The van der Waals surface area contributed by atoms with Crippen molar-refractivity contribution < 1.29 is 9.90 Å². The first-order chi connectivity index (χ1) is 6.63. The zero-order valence-corrected chi connectivity index (χ0v) is 11.5. The first kappa shape index (κ1) is 12.2. The fourth-order valence-electron chi connectivity index (χ4n) is 1.04. The molecule has 0 bridgehead atoms. The lowest BCUT2D eigenvalue weighted by Crippen LogP contribution is -2.22. The summed E-state index contributed by atoms with van der Waals surface area (Å²) in [4.78, 5) is 10.7.